The Morgan fingerprint density at radius 1 is 1.35 bits per heavy atom. The molecule has 0 aliphatic heterocycles. The van der Waals surface area contributed by atoms with Crippen LogP contribution in [0.3, 0.4) is 0 Å². The van der Waals surface area contributed by atoms with Gasteiger partial charge in [0.15, 0.2) is 6.29 Å². The smallest absolute Gasteiger partial charge is 0.419 e. The summed E-state index contributed by atoms with van der Waals surface area (Å²) in [7, 11) is 1.18. The standard InChI is InChI=1S/C11H13F3O3/c1-10(2)7(8(10)9(16)17-3)4-6(5-15)11(12,13)14/h4-5,7-8H,1-3H3. The maximum atomic E-state index is 12.4. The first-order chi connectivity index (χ1) is 7.66. The number of alkyl halides is 3. The maximum Gasteiger partial charge on any atom is 0.419 e. The van der Waals surface area contributed by atoms with Crippen LogP contribution in [0, 0.1) is 17.3 Å². The minimum absolute atomic E-state index is 0.233. The second-order valence-electron chi connectivity index (χ2n) is 4.59. The van der Waals surface area contributed by atoms with Crippen molar-refractivity contribution in [1.29, 1.82) is 0 Å². The molecule has 0 N–H and O–H groups in total. The number of methoxy groups -OCH3 is 1. The Bertz CT molecular complexity index is 369. The average Bonchev–Trinajstić information content (AvgIpc) is 2.74. The lowest BCUT2D eigenvalue weighted by atomic mass is 10.1. The van der Waals surface area contributed by atoms with Gasteiger partial charge in [0.05, 0.1) is 18.6 Å². The molecule has 0 aromatic rings. The first-order valence-electron chi connectivity index (χ1n) is 4.98. The predicted molar refractivity (Wildman–Crippen MR) is 53.0 cm³/mol. The Kier molecular flexibility index (Phi) is 3.36. The van der Waals surface area contributed by atoms with E-state index in [9.17, 15) is 22.8 Å². The number of hydrogen-bond donors (Lipinski definition) is 0. The maximum absolute atomic E-state index is 12.4. The molecule has 1 aliphatic rings. The highest BCUT2D eigenvalue weighted by Crippen LogP contribution is 2.60. The zero-order valence-corrected chi connectivity index (χ0v) is 9.67. The van der Waals surface area contributed by atoms with Crippen LogP contribution in [0.25, 0.3) is 0 Å². The SMILES string of the molecule is COC(=O)C1C(C=C(C=O)C(F)(F)F)C1(C)C. The zero-order valence-electron chi connectivity index (χ0n) is 9.67. The Labute approximate surface area is 96.6 Å². The number of allylic oxidation sites excluding steroid dienone is 2. The van der Waals surface area contributed by atoms with Crippen LogP contribution >= 0.6 is 0 Å². The first kappa shape index (κ1) is 13.7. The third-order valence-electron chi connectivity index (χ3n) is 3.18. The normalized spacial score (nSPS) is 27.5. The number of aldehydes is 1. The van der Waals surface area contributed by atoms with E-state index in [-0.39, 0.29) is 6.29 Å². The second-order valence-corrected chi connectivity index (χ2v) is 4.59. The van der Waals surface area contributed by atoms with Gasteiger partial charge in [-0.15, -0.1) is 0 Å². The summed E-state index contributed by atoms with van der Waals surface area (Å²) in [6, 6.07) is 0. The van der Waals surface area contributed by atoms with Crippen LogP contribution in [0.1, 0.15) is 13.8 Å². The van der Waals surface area contributed by atoms with Crippen LogP contribution in [0.15, 0.2) is 11.6 Å². The van der Waals surface area contributed by atoms with Gasteiger partial charge in [-0.1, -0.05) is 19.9 Å². The van der Waals surface area contributed by atoms with Crippen molar-refractivity contribution in [1.82, 2.24) is 0 Å². The molecule has 2 unspecified atom stereocenters. The quantitative estimate of drug-likeness (QED) is 0.438. The number of rotatable bonds is 3. The van der Waals surface area contributed by atoms with Crippen LogP contribution in [-0.2, 0) is 14.3 Å². The van der Waals surface area contributed by atoms with E-state index in [0.29, 0.717) is 0 Å². The van der Waals surface area contributed by atoms with Crippen molar-refractivity contribution in [3.05, 3.63) is 11.6 Å². The fraction of sp³-hybridized carbons (Fsp3) is 0.636. The van der Waals surface area contributed by atoms with Crippen LogP contribution in [0.4, 0.5) is 13.2 Å². The lowest BCUT2D eigenvalue weighted by Crippen LogP contribution is -2.13. The van der Waals surface area contributed by atoms with Gasteiger partial charge in [-0.05, 0) is 11.3 Å². The fourth-order valence-corrected chi connectivity index (χ4v) is 1.96. The molecule has 96 valence electrons. The van der Waals surface area contributed by atoms with Crippen molar-refractivity contribution in [3.8, 4) is 0 Å². The number of esters is 1. The number of carbonyl (C=O) groups excluding carboxylic acids is 2. The highest BCUT2D eigenvalue weighted by atomic mass is 19.4. The lowest BCUT2D eigenvalue weighted by molar-refractivity contribution is -0.143. The molecule has 0 amide bonds. The molecular formula is C11H13F3O3. The van der Waals surface area contributed by atoms with Gasteiger partial charge in [-0.25, -0.2) is 0 Å². The Morgan fingerprint density at radius 3 is 2.24 bits per heavy atom. The summed E-state index contributed by atoms with van der Waals surface area (Å²) in [5, 5.41) is 0. The average molecular weight is 250 g/mol. The Balaban J connectivity index is 2.94. The summed E-state index contributed by atoms with van der Waals surface area (Å²) >= 11 is 0. The van der Waals surface area contributed by atoms with Crippen molar-refractivity contribution < 1.29 is 27.5 Å². The van der Waals surface area contributed by atoms with Crippen LogP contribution in [0.5, 0.6) is 0 Å². The van der Waals surface area contributed by atoms with Gasteiger partial charge in [0, 0.05) is 0 Å². The topological polar surface area (TPSA) is 43.4 Å². The molecule has 0 bridgehead atoms. The molecule has 0 aromatic carbocycles. The summed E-state index contributed by atoms with van der Waals surface area (Å²) in [5.74, 6) is -1.79. The number of carbonyl (C=O) groups is 2. The zero-order chi connectivity index (χ0) is 13.4. The largest absolute Gasteiger partial charge is 0.469 e. The molecule has 1 saturated carbocycles. The third-order valence-corrected chi connectivity index (χ3v) is 3.18. The molecule has 2 atom stereocenters. The summed E-state index contributed by atoms with van der Waals surface area (Å²) in [6.45, 7) is 3.32. The van der Waals surface area contributed by atoms with Crippen molar-refractivity contribution in [2.75, 3.05) is 7.11 Å². The molecule has 6 heteroatoms. The second kappa shape index (κ2) is 4.16. The van der Waals surface area contributed by atoms with E-state index >= 15 is 0 Å². The van der Waals surface area contributed by atoms with E-state index in [0.717, 1.165) is 6.08 Å². The lowest BCUT2D eigenvalue weighted by Gasteiger charge is -2.05. The van der Waals surface area contributed by atoms with Gasteiger partial charge in [0.2, 0.25) is 0 Å². The molecule has 3 nitrogen and oxygen atoms in total. The van der Waals surface area contributed by atoms with E-state index in [1.807, 2.05) is 0 Å². The Hall–Kier alpha value is -1.33. The fourth-order valence-electron chi connectivity index (χ4n) is 1.96. The van der Waals surface area contributed by atoms with Gasteiger partial charge in [-0.2, -0.15) is 13.2 Å². The van der Waals surface area contributed by atoms with E-state index in [4.69, 9.17) is 0 Å². The molecule has 0 spiro atoms. The monoisotopic (exact) mass is 250 g/mol. The van der Waals surface area contributed by atoms with E-state index in [1.54, 1.807) is 13.8 Å². The van der Waals surface area contributed by atoms with Crippen LogP contribution in [0.2, 0.25) is 0 Å². The van der Waals surface area contributed by atoms with Gasteiger partial charge in [0.1, 0.15) is 0 Å². The first-order valence-corrected chi connectivity index (χ1v) is 4.98. The summed E-state index contributed by atoms with van der Waals surface area (Å²) < 4.78 is 41.6. The number of hydrogen-bond acceptors (Lipinski definition) is 3. The molecule has 1 rings (SSSR count). The van der Waals surface area contributed by atoms with Crippen molar-refractivity contribution >= 4 is 12.3 Å². The molecule has 0 heterocycles. The molecule has 0 radical (unpaired) electrons. The van der Waals surface area contributed by atoms with Gasteiger partial charge in [0.25, 0.3) is 0 Å². The van der Waals surface area contributed by atoms with Crippen LogP contribution in [-0.4, -0.2) is 25.5 Å². The molecule has 0 aromatic heterocycles. The van der Waals surface area contributed by atoms with Gasteiger partial charge in [-0.3, -0.25) is 9.59 Å². The minimum atomic E-state index is -4.68. The predicted octanol–water partition coefficient (Wildman–Crippen LogP) is 2.12. The summed E-state index contributed by atoms with van der Waals surface area (Å²) in [5.41, 5.74) is -1.85. The van der Waals surface area contributed by atoms with Crippen molar-refractivity contribution in [2.24, 2.45) is 17.3 Å². The Morgan fingerprint density at radius 2 is 1.88 bits per heavy atom. The van der Waals surface area contributed by atoms with Gasteiger partial charge < -0.3 is 4.74 Å². The molecular weight excluding hydrogens is 237 g/mol. The minimum Gasteiger partial charge on any atom is -0.469 e. The van der Waals surface area contributed by atoms with E-state index in [2.05, 4.69) is 4.74 Å². The van der Waals surface area contributed by atoms with Gasteiger partial charge >= 0.3 is 12.1 Å². The summed E-state index contributed by atoms with van der Waals surface area (Å²) in [6.07, 6.45) is -4.10. The van der Waals surface area contributed by atoms with E-state index in [1.165, 1.54) is 7.11 Å². The van der Waals surface area contributed by atoms with Crippen molar-refractivity contribution in [2.45, 2.75) is 20.0 Å². The highest BCUT2D eigenvalue weighted by molar-refractivity contribution is 5.80. The summed E-state index contributed by atoms with van der Waals surface area (Å²) in [4.78, 5) is 21.7. The highest BCUT2D eigenvalue weighted by Gasteiger charge is 2.62. The molecule has 17 heavy (non-hydrogen) atoms. The van der Waals surface area contributed by atoms with E-state index < -0.39 is 35.0 Å². The molecule has 0 saturated heterocycles. The van der Waals surface area contributed by atoms with Crippen molar-refractivity contribution in [3.63, 3.8) is 0 Å². The third kappa shape index (κ3) is 2.50. The molecule has 1 aliphatic carbocycles. The number of ether oxygens (including phenoxy) is 1. The number of halogens is 3. The molecule has 1 fully saturated rings. The van der Waals surface area contributed by atoms with Crippen LogP contribution < -0.4 is 0 Å².